The number of nitrogens with two attached hydrogens (primary N) is 2. The lowest BCUT2D eigenvalue weighted by atomic mass is 10.2. The fraction of sp³-hybridized carbons (Fsp3) is 0.125. The van der Waals surface area contributed by atoms with Crippen molar-refractivity contribution < 1.29 is 22.7 Å². The van der Waals surface area contributed by atoms with Gasteiger partial charge in [0.05, 0.1) is 5.56 Å². The fourth-order valence-corrected chi connectivity index (χ4v) is 1.31. The second kappa shape index (κ2) is 4.20. The van der Waals surface area contributed by atoms with Crippen LogP contribution < -0.4 is 16.2 Å². The topological polar surface area (TPSA) is 78.3 Å². The van der Waals surface area contributed by atoms with Crippen molar-refractivity contribution in [1.82, 2.24) is 0 Å². The van der Waals surface area contributed by atoms with Crippen LogP contribution in [-0.4, -0.2) is 12.3 Å². The molecule has 1 amide bonds. The van der Waals surface area contributed by atoms with Crippen molar-refractivity contribution in [2.24, 2.45) is 5.73 Å². The van der Waals surface area contributed by atoms with E-state index in [-0.39, 0.29) is 10.2 Å². The first kappa shape index (κ1) is 12.6. The Labute approximate surface area is 96.5 Å². The van der Waals surface area contributed by atoms with Crippen LogP contribution in [-0.2, 0) is 0 Å². The molecular formula is C8H6BrF3N2O2. The molecule has 0 aliphatic rings. The normalized spacial score (nSPS) is 11.2. The number of benzene rings is 1. The van der Waals surface area contributed by atoms with Crippen LogP contribution in [0.15, 0.2) is 16.6 Å². The molecule has 8 heteroatoms. The highest BCUT2D eigenvalue weighted by Crippen LogP contribution is 2.32. The summed E-state index contributed by atoms with van der Waals surface area (Å²) in [6, 6.07) is 1.94. The molecule has 0 heterocycles. The van der Waals surface area contributed by atoms with Gasteiger partial charge < -0.3 is 16.2 Å². The summed E-state index contributed by atoms with van der Waals surface area (Å²) in [6.07, 6.45) is -4.91. The maximum atomic E-state index is 12.0. The van der Waals surface area contributed by atoms with Gasteiger partial charge >= 0.3 is 6.36 Å². The molecule has 0 fully saturated rings. The van der Waals surface area contributed by atoms with Gasteiger partial charge in [0.15, 0.2) is 0 Å². The summed E-state index contributed by atoms with van der Waals surface area (Å²) in [6.45, 7) is 0. The van der Waals surface area contributed by atoms with E-state index < -0.39 is 23.6 Å². The number of carbonyl (C=O) groups excluding carboxylic acids is 1. The Morgan fingerprint density at radius 2 is 1.94 bits per heavy atom. The van der Waals surface area contributed by atoms with E-state index in [1.165, 1.54) is 0 Å². The summed E-state index contributed by atoms with van der Waals surface area (Å²) in [4.78, 5) is 10.9. The Balaban J connectivity index is 3.25. The van der Waals surface area contributed by atoms with E-state index in [1.54, 1.807) is 0 Å². The average molecular weight is 299 g/mol. The van der Waals surface area contributed by atoms with Gasteiger partial charge in [-0.05, 0) is 22.0 Å². The first-order valence-electron chi connectivity index (χ1n) is 3.85. The molecule has 0 aliphatic carbocycles. The zero-order valence-corrected chi connectivity index (χ0v) is 9.22. The number of carbonyl (C=O) groups is 1. The second-order valence-corrected chi connectivity index (χ2v) is 3.64. The highest BCUT2D eigenvalue weighted by molar-refractivity contribution is 9.10. The number of hydrogen-bond donors (Lipinski definition) is 2. The maximum Gasteiger partial charge on any atom is 0.573 e. The quantitative estimate of drug-likeness (QED) is 0.820. The number of ether oxygens (including phenoxy) is 1. The number of nitrogen functional groups attached to an aromatic ring is 1. The lowest BCUT2D eigenvalue weighted by molar-refractivity contribution is -0.274. The number of rotatable bonds is 2. The predicted molar refractivity (Wildman–Crippen MR) is 53.8 cm³/mol. The van der Waals surface area contributed by atoms with E-state index in [0.717, 1.165) is 12.1 Å². The minimum atomic E-state index is -4.91. The highest BCUT2D eigenvalue weighted by atomic mass is 79.9. The fourth-order valence-electron chi connectivity index (χ4n) is 0.971. The average Bonchev–Trinajstić information content (AvgIpc) is 2.07. The van der Waals surface area contributed by atoms with Crippen LogP contribution >= 0.6 is 15.9 Å². The molecule has 1 rings (SSSR count). The molecule has 0 aromatic heterocycles. The van der Waals surface area contributed by atoms with Gasteiger partial charge in [0, 0.05) is 16.2 Å². The summed E-state index contributed by atoms with van der Waals surface area (Å²) >= 11 is 2.96. The maximum absolute atomic E-state index is 12.0. The Bertz CT molecular complexity index is 434. The van der Waals surface area contributed by atoms with Crippen molar-refractivity contribution >= 4 is 27.5 Å². The van der Waals surface area contributed by atoms with E-state index in [0.29, 0.717) is 0 Å². The summed E-state index contributed by atoms with van der Waals surface area (Å²) in [7, 11) is 0. The van der Waals surface area contributed by atoms with E-state index >= 15 is 0 Å². The van der Waals surface area contributed by atoms with Gasteiger partial charge in [-0.15, -0.1) is 13.2 Å². The van der Waals surface area contributed by atoms with Gasteiger partial charge in [-0.25, -0.2) is 0 Å². The van der Waals surface area contributed by atoms with Crippen molar-refractivity contribution in [1.29, 1.82) is 0 Å². The summed E-state index contributed by atoms with van der Waals surface area (Å²) < 4.78 is 39.9. The van der Waals surface area contributed by atoms with Crippen molar-refractivity contribution in [3.8, 4) is 5.75 Å². The minimum absolute atomic E-state index is 0.00394. The molecule has 0 spiro atoms. The molecule has 88 valence electrons. The molecular weight excluding hydrogens is 293 g/mol. The highest BCUT2D eigenvalue weighted by Gasteiger charge is 2.33. The zero-order valence-electron chi connectivity index (χ0n) is 7.64. The number of anilines is 1. The van der Waals surface area contributed by atoms with E-state index in [1.807, 2.05) is 0 Å². The lowest BCUT2D eigenvalue weighted by Gasteiger charge is -2.13. The number of amides is 1. The minimum Gasteiger partial charge on any atom is -0.405 e. The Hall–Kier alpha value is -1.44. The molecule has 4 nitrogen and oxygen atoms in total. The smallest absolute Gasteiger partial charge is 0.405 e. The first-order chi connectivity index (χ1) is 7.20. The second-order valence-electron chi connectivity index (χ2n) is 2.78. The SMILES string of the molecule is NC(=O)c1cc(Br)c(N)cc1OC(F)(F)F. The van der Waals surface area contributed by atoms with Gasteiger partial charge in [-0.1, -0.05) is 0 Å². The molecule has 0 unspecified atom stereocenters. The molecule has 1 aromatic rings. The van der Waals surface area contributed by atoms with Gasteiger partial charge in [0.1, 0.15) is 5.75 Å². The Morgan fingerprint density at radius 3 is 2.38 bits per heavy atom. The summed E-state index contributed by atoms with van der Waals surface area (Å²) in [5, 5.41) is 0. The van der Waals surface area contributed by atoms with Gasteiger partial charge in [0.2, 0.25) is 0 Å². The predicted octanol–water partition coefficient (Wildman–Crippen LogP) is 2.03. The summed E-state index contributed by atoms with van der Waals surface area (Å²) in [5.41, 5.74) is 9.87. The van der Waals surface area contributed by atoms with E-state index in [2.05, 4.69) is 20.7 Å². The molecule has 4 N–H and O–H groups in total. The van der Waals surface area contributed by atoms with Crippen LogP contribution in [0.3, 0.4) is 0 Å². The van der Waals surface area contributed by atoms with E-state index in [9.17, 15) is 18.0 Å². The summed E-state index contributed by atoms with van der Waals surface area (Å²) in [5.74, 6) is -1.76. The van der Waals surface area contributed by atoms with Crippen LogP contribution in [0.1, 0.15) is 10.4 Å². The monoisotopic (exact) mass is 298 g/mol. The third-order valence-electron chi connectivity index (χ3n) is 1.59. The van der Waals surface area contributed by atoms with E-state index in [4.69, 9.17) is 11.5 Å². The number of halogens is 4. The number of hydrogen-bond acceptors (Lipinski definition) is 3. The molecule has 0 aliphatic heterocycles. The first-order valence-corrected chi connectivity index (χ1v) is 4.64. The van der Waals surface area contributed by atoms with Gasteiger partial charge in [0.25, 0.3) is 5.91 Å². The molecule has 0 bridgehead atoms. The van der Waals surface area contributed by atoms with Crippen LogP contribution in [0.2, 0.25) is 0 Å². The third kappa shape index (κ3) is 3.02. The molecule has 16 heavy (non-hydrogen) atoms. The largest absolute Gasteiger partial charge is 0.573 e. The number of primary amides is 1. The van der Waals surface area contributed by atoms with Crippen LogP contribution in [0.25, 0.3) is 0 Å². The van der Waals surface area contributed by atoms with Crippen molar-refractivity contribution in [3.05, 3.63) is 22.2 Å². The molecule has 0 radical (unpaired) electrons. The Morgan fingerprint density at radius 1 is 1.38 bits per heavy atom. The zero-order chi connectivity index (χ0) is 12.5. The lowest BCUT2D eigenvalue weighted by Crippen LogP contribution is -2.21. The van der Waals surface area contributed by atoms with Crippen LogP contribution in [0.5, 0.6) is 5.75 Å². The number of alkyl halides is 3. The van der Waals surface area contributed by atoms with Gasteiger partial charge in [-0.2, -0.15) is 0 Å². The van der Waals surface area contributed by atoms with Crippen molar-refractivity contribution in [2.75, 3.05) is 5.73 Å². The Kier molecular flexibility index (Phi) is 3.32. The third-order valence-corrected chi connectivity index (χ3v) is 2.28. The van der Waals surface area contributed by atoms with Crippen LogP contribution in [0.4, 0.5) is 18.9 Å². The van der Waals surface area contributed by atoms with Gasteiger partial charge in [-0.3, -0.25) is 4.79 Å². The molecule has 0 atom stereocenters. The molecule has 1 aromatic carbocycles. The van der Waals surface area contributed by atoms with Crippen molar-refractivity contribution in [3.63, 3.8) is 0 Å². The molecule has 0 saturated carbocycles. The van der Waals surface area contributed by atoms with Crippen LogP contribution in [0, 0.1) is 0 Å². The standard InChI is InChI=1S/C8H6BrF3N2O2/c9-4-1-3(7(14)15)6(2-5(4)13)16-8(10,11)12/h1-2H,13H2,(H2,14,15). The molecule has 0 saturated heterocycles. The van der Waals surface area contributed by atoms with Crippen molar-refractivity contribution in [2.45, 2.75) is 6.36 Å².